The molecule has 0 saturated heterocycles. The topological polar surface area (TPSA) is 47.6 Å². The molecule has 2 saturated carbocycles. The van der Waals surface area contributed by atoms with E-state index in [0.29, 0.717) is 35.5 Å². The molecule has 0 radical (unpaired) electrons. The second kappa shape index (κ2) is 10.2. The smallest absolute Gasteiger partial charge is 0.293 e. The van der Waals surface area contributed by atoms with Gasteiger partial charge < -0.3 is 0 Å². The molecule has 0 heterocycles. The lowest BCUT2D eigenvalue weighted by Gasteiger charge is -2.42. The molecule has 0 aromatic heterocycles. The summed E-state index contributed by atoms with van der Waals surface area (Å²) in [6.45, 7) is 19.7. The maximum Gasteiger partial charge on any atom is 0.406 e. The monoisotopic (exact) mass is 429 g/mol. The first-order valence-corrected chi connectivity index (χ1v) is 13.6. The fraction of sp³-hybridized carbons (Fsp3) is 1.00. The van der Waals surface area contributed by atoms with Gasteiger partial charge in [0.1, 0.15) is 0 Å². The van der Waals surface area contributed by atoms with E-state index >= 15 is 0 Å². The molecular formula is C24H48NO3P. The molecule has 6 atom stereocenters. The molecular weight excluding hydrogens is 381 g/mol. The van der Waals surface area contributed by atoms with Crippen LogP contribution in [0, 0.1) is 35.5 Å². The lowest BCUT2D eigenvalue weighted by Crippen LogP contribution is -2.42. The van der Waals surface area contributed by atoms with Crippen LogP contribution in [0.3, 0.4) is 0 Å². The zero-order valence-corrected chi connectivity index (χ0v) is 21.4. The third kappa shape index (κ3) is 7.63. The van der Waals surface area contributed by atoms with Crippen molar-refractivity contribution in [2.45, 2.75) is 119 Å². The van der Waals surface area contributed by atoms with Gasteiger partial charge in [0.05, 0.1) is 12.2 Å². The molecule has 2 fully saturated rings. The quantitative estimate of drug-likeness (QED) is 0.427. The Labute approximate surface area is 180 Å². The first-order chi connectivity index (χ1) is 13.3. The lowest BCUT2D eigenvalue weighted by molar-refractivity contribution is -0.00819. The summed E-state index contributed by atoms with van der Waals surface area (Å²) >= 11 is 0. The van der Waals surface area contributed by atoms with Gasteiger partial charge in [0.2, 0.25) is 0 Å². The van der Waals surface area contributed by atoms with E-state index in [9.17, 15) is 4.57 Å². The maximum absolute atomic E-state index is 14.2. The van der Waals surface area contributed by atoms with Gasteiger partial charge in [-0.3, -0.25) is 9.05 Å². The van der Waals surface area contributed by atoms with Gasteiger partial charge in [0.15, 0.2) is 0 Å². The van der Waals surface area contributed by atoms with Gasteiger partial charge in [-0.25, -0.2) is 9.65 Å². The second-order valence-corrected chi connectivity index (χ2v) is 13.4. The molecule has 5 heteroatoms. The van der Waals surface area contributed by atoms with Crippen LogP contribution in [0.5, 0.6) is 0 Å². The number of rotatable bonds is 7. The highest BCUT2D eigenvalue weighted by Gasteiger charge is 2.43. The summed E-state index contributed by atoms with van der Waals surface area (Å²) in [4.78, 5) is 0. The van der Waals surface area contributed by atoms with E-state index in [1.54, 1.807) is 0 Å². The van der Waals surface area contributed by atoms with Crippen molar-refractivity contribution >= 4 is 7.75 Å². The fourth-order valence-corrected chi connectivity index (χ4v) is 7.49. The number of nitrogens with one attached hydrogen (secondary N) is 1. The Morgan fingerprint density at radius 1 is 0.793 bits per heavy atom. The van der Waals surface area contributed by atoms with Crippen molar-refractivity contribution in [2.75, 3.05) is 0 Å². The van der Waals surface area contributed by atoms with Crippen LogP contribution in [0.2, 0.25) is 0 Å². The summed E-state index contributed by atoms with van der Waals surface area (Å²) < 4.78 is 27.1. The van der Waals surface area contributed by atoms with Crippen LogP contribution in [0.1, 0.15) is 101 Å². The van der Waals surface area contributed by atoms with E-state index in [2.05, 4.69) is 46.6 Å². The highest BCUT2D eigenvalue weighted by atomic mass is 31.2. The van der Waals surface area contributed by atoms with Crippen LogP contribution >= 0.6 is 7.75 Å². The molecule has 4 nitrogen and oxygen atoms in total. The average molecular weight is 430 g/mol. The Morgan fingerprint density at radius 2 is 1.17 bits per heavy atom. The molecule has 6 unspecified atom stereocenters. The van der Waals surface area contributed by atoms with E-state index in [4.69, 9.17) is 9.05 Å². The van der Waals surface area contributed by atoms with Gasteiger partial charge in [-0.2, -0.15) is 0 Å². The van der Waals surface area contributed by atoms with Gasteiger partial charge in [-0.05, 0) is 82.0 Å². The van der Waals surface area contributed by atoms with E-state index in [1.807, 2.05) is 20.8 Å². The molecule has 0 amide bonds. The predicted octanol–water partition coefficient (Wildman–Crippen LogP) is 7.44. The molecule has 2 aliphatic rings. The summed E-state index contributed by atoms with van der Waals surface area (Å²) in [5.41, 5.74) is -0.337. The molecule has 29 heavy (non-hydrogen) atoms. The minimum atomic E-state index is -3.43. The first-order valence-electron chi connectivity index (χ1n) is 12.1. The first kappa shape index (κ1) is 25.4. The van der Waals surface area contributed by atoms with Crippen LogP contribution in [-0.4, -0.2) is 17.7 Å². The van der Waals surface area contributed by atoms with Gasteiger partial charge in [0, 0.05) is 5.54 Å². The summed E-state index contributed by atoms with van der Waals surface area (Å²) in [6, 6.07) is 0. The lowest BCUT2D eigenvalue weighted by atomic mass is 9.75. The molecule has 0 aromatic rings. The minimum Gasteiger partial charge on any atom is -0.293 e. The standard InChI is InChI=1S/C24H48NO3P/c1-16(2)20-12-10-18(5)14-22(20)27-29(26,25-24(7,8)9)28-23-15-19(6)11-13-21(23)17(3)4/h16-23H,10-15H2,1-9H3,(H,25,26). The van der Waals surface area contributed by atoms with Gasteiger partial charge >= 0.3 is 7.75 Å². The normalized spacial score (nSPS) is 36.4. The molecule has 2 rings (SSSR count). The van der Waals surface area contributed by atoms with Crippen LogP contribution in [0.4, 0.5) is 0 Å². The van der Waals surface area contributed by atoms with Crippen molar-refractivity contribution in [3.05, 3.63) is 0 Å². The Morgan fingerprint density at radius 3 is 1.48 bits per heavy atom. The Hall–Kier alpha value is 0.110. The van der Waals surface area contributed by atoms with Crippen molar-refractivity contribution in [3.8, 4) is 0 Å². The molecule has 172 valence electrons. The highest BCUT2D eigenvalue weighted by molar-refractivity contribution is 7.51. The van der Waals surface area contributed by atoms with Gasteiger partial charge in [-0.15, -0.1) is 0 Å². The van der Waals surface area contributed by atoms with Crippen LogP contribution in [0.25, 0.3) is 0 Å². The maximum atomic E-state index is 14.2. The van der Waals surface area contributed by atoms with Crippen LogP contribution in [0.15, 0.2) is 0 Å². The summed E-state index contributed by atoms with van der Waals surface area (Å²) in [7, 11) is -3.43. The van der Waals surface area contributed by atoms with E-state index in [1.165, 1.54) is 12.8 Å². The van der Waals surface area contributed by atoms with Crippen molar-refractivity contribution in [1.82, 2.24) is 5.09 Å². The largest absolute Gasteiger partial charge is 0.406 e. The molecule has 1 N–H and O–H groups in total. The molecule has 0 aliphatic heterocycles. The molecule has 0 bridgehead atoms. The van der Waals surface area contributed by atoms with Crippen molar-refractivity contribution < 1.29 is 13.6 Å². The Balaban J connectivity index is 2.25. The van der Waals surface area contributed by atoms with Crippen molar-refractivity contribution in [1.29, 1.82) is 0 Å². The van der Waals surface area contributed by atoms with Gasteiger partial charge in [0.25, 0.3) is 0 Å². The van der Waals surface area contributed by atoms with E-state index in [-0.39, 0.29) is 17.7 Å². The zero-order chi connectivity index (χ0) is 22.0. The molecule has 0 spiro atoms. The third-order valence-electron chi connectivity index (χ3n) is 6.94. The Bertz CT molecular complexity index is 519. The number of hydrogen-bond acceptors (Lipinski definition) is 3. The summed E-state index contributed by atoms with van der Waals surface area (Å²) in [5.74, 6) is 3.14. The minimum absolute atomic E-state index is 0.00190. The molecule has 2 aliphatic carbocycles. The Kier molecular flexibility index (Phi) is 8.88. The summed E-state index contributed by atoms with van der Waals surface area (Å²) in [6.07, 6.45) is 6.69. The third-order valence-corrected chi connectivity index (χ3v) is 8.98. The summed E-state index contributed by atoms with van der Waals surface area (Å²) in [5, 5.41) is 3.29. The van der Waals surface area contributed by atoms with Gasteiger partial charge in [-0.1, -0.05) is 54.4 Å². The van der Waals surface area contributed by atoms with E-state index in [0.717, 1.165) is 25.7 Å². The molecule has 0 aromatic carbocycles. The highest BCUT2D eigenvalue weighted by Crippen LogP contribution is 2.54. The van der Waals surface area contributed by atoms with E-state index < -0.39 is 7.75 Å². The fourth-order valence-electron chi connectivity index (χ4n) is 5.32. The van der Waals surface area contributed by atoms with Crippen molar-refractivity contribution in [2.24, 2.45) is 35.5 Å². The zero-order valence-electron chi connectivity index (χ0n) is 20.5. The average Bonchev–Trinajstić information content (AvgIpc) is 2.51. The van der Waals surface area contributed by atoms with Crippen LogP contribution in [-0.2, 0) is 13.6 Å². The van der Waals surface area contributed by atoms with Crippen molar-refractivity contribution in [3.63, 3.8) is 0 Å². The SMILES string of the molecule is CC1CCC(C(C)C)C(OP(=O)(NC(C)(C)C)OC2CC(C)CCC2C(C)C)C1. The second-order valence-electron chi connectivity index (χ2n) is 11.8. The van der Waals surface area contributed by atoms with Crippen LogP contribution < -0.4 is 5.09 Å². The predicted molar refractivity (Wildman–Crippen MR) is 123 cm³/mol. The number of hydrogen-bond donors (Lipinski definition) is 1.